The zero-order valence-corrected chi connectivity index (χ0v) is 11.6. The highest BCUT2D eigenvalue weighted by Gasteiger charge is 2.30. The van der Waals surface area contributed by atoms with Crippen molar-refractivity contribution in [3.05, 3.63) is 29.8 Å². The van der Waals surface area contributed by atoms with Gasteiger partial charge >= 0.3 is 5.97 Å². The van der Waals surface area contributed by atoms with Crippen LogP contribution in [0.3, 0.4) is 0 Å². The van der Waals surface area contributed by atoms with E-state index >= 15 is 0 Å². The van der Waals surface area contributed by atoms with Crippen LogP contribution in [0.15, 0.2) is 24.3 Å². The molecule has 1 aliphatic carbocycles. The molecule has 1 unspecified atom stereocenters. The summed E-state index contributed by atoms with van der Waals surface area (Å²) >= 11 is 0. The number of carbonyl (C=O) groups excluding carboxylic acids is 2. The standard InChI is InChI=1S/C15H20N2O3/c1-2-20-15(19)11-5-3-4-6-13(11)17-14(18)9-12(16)10-7-8-10/h3-6,10,12H,2,7-9,16H2,1H3,(H,17,18). The molecule has 1 aromatic rings. The summed E-state index contributed by atoms with van der Waals surface area (Å²) in [5, 5.41) is 2.74. The molecule has 2 rings (SSSR count). The van der Waals surface area contributed by atoms with Gasteiger partial charge in [0.1, 0.15) is 0 Å². The Bertz CT molecular complexity index is 498. The Morgan fingerprint density at radius 1 is 1.40 bits per heavy atom. The molecule has 1 saturated carbocycles. The number of amides is 1. The molecule has 3 N–H and O–H groups in total. The lowest BCUT2D eigenvalue weighted by molar-refractivity contribution is -0.116. The van der Waals surface area contributed by atoms with Gasteiger partial charge in [-0.15, -0.1) is 0 Å². The zero-order chi connectivity index (χ0) is 14.5. The van der Waals surface area contributed by atoms with Crippen molar-refractivity contribution in [1.82, 2.24) is 0 Å². The summed E-state index contributed by atoms with van der Waals surface area (Å²) in [6, 6.07) is 6.72. The SMILES string of the molecule is CCOC(=O)c1ccccc1NC(=O)CC(N)C1CC1. The average Bonchev–Trinajstić information content (AvgIpc) is 3.23. The first kappa shape index (κ1) is 14.5. The molecular formula is C15H20N2O3. The summed E-state index contributed by atoms with van der Waals surface area (Å²) in [5.74, 6) is -0.128. The normalized spacial score (nSPS) is 15.5. The van der Waals surface area contributed by atoms with Crippen LogP contribution < -0.4 is 11.1 Å². The van der Waals surface area contributed by atoms with E-state index in [4.69, 9.17) is 10.5 Å². The van der Waals surface area contributed by atoms with Gasteiger partial charge in [0, 0.05) is 12.5 Å². The molecule has 1 amide bonds. The van der Waals surface area contributed by atoms with Crippen LogP contribution in [0.4, 0.5) is 5.69 Å². The van der Waals surface area contributed by atoms with Crippen molar-refractivity contribution in [2.75, 3.05) is 11.9 Å². The molecule has 0 heterocycles. The number of rotatable bonds is 6. The summed E-state index contributed by atoms with van der Waals surface area (Å²) in [7, 11) is 0. The third kappa shape index (κ3) is 3.81. The predicted octanol–water partition coefficient (Wildman–Crippen LogP) is 1.93. The number of carbonyl (C=O) groups is 2. The molecule has 20 heavy (non-hydrogen) atoms. The van der Waals surface area contributed by atoms with Gasteiger partial charge in [-0.2, -0.15) is 0 Å². The number of hydrogen-bond donors (Lipinski definition) is 2. The van der Waals surface area contributed by atoms with E-state index in [1.165, 1.54) is 0 Å². The van der Waals surface area contributed by atoms with Crippen molar-refractivity contribution in [3.8, 4) is 0 Å². The summed E-state index contributed by atoms with van der Waals surface area (Å²) < 4.78 is 4.96. The van der Waals surface area contributed by atoms with Crippen LogP contribution >= 0.6 is 0 Å². The van der Waals surface area contributed by atoms with E-state index in [0.717, 1.165) is 12.8 Å². The molecule has 5 heteroatoms. The maximum absolute atomic E-state index is 11.9. The Morgan fingerprint density at radius 2 is 2.10 bits per heavy atom. The molecule has 1 aromatic carbocycles. The fourth-order valence-electron chi connectivity index (χ4n) is 2.09. The van der Waals surface area contributed by atoms with E-state index < -0.39 is 5.97 Å². The van der Waals surface area contributed by atoms with Gasteiger partial charge in [-0.05, 0) is 37.8 Å². The second kappa shape index (κ2) is 6.52. The van der Waals surface area contributed by atoms with Crippen molar-refractivity contribution in [3.63, 3.8) is 0 Å². The third-order valence-electron chi connectivity index (χ3n) is 3.35. The highest BCUT2D eigenvalue weighted by atomic mass is 16.5. The van der Waals surface area contributed by atoms with E-state index in [1.54, 1.807) is 31.2 Å². The van der Waals surface area contributed by atoms with E-state index in [9.17, 15) is 9.59 Å². The van der Waals surface area contributed by atoms with Gasteiger partial charge in [-0.1, -0.05) is 12.1 Å². The lowest BCUT2D eigenvalue weighted by atomic mass is 10.1. The Kier molecular flexibility index (Phi) is 4.74. The molecule has 0 radical (unpaired) electrons. The van der Waals surface area contributed by atoms with Gasteiger partial charge in [-0.25, -0.2) is 4.79 Å². The first-order chi connectivity index (χ1) is 9.61. The molecule has 0 aromatic heterocycles. The van der Waals surface area contributed by atoms with Gasteiger partial charge in [0.05, 0.1) is 17.9 Å². The monoisotopic (exact) mass is 276 g/mol. The Labute approximate surface area is 118 Å². The molecule has 0 saturated heterocycles. The Hall–Kier alpha value is -1.88. The second-order valence-electron chi connectivity index (χ2n) is 5.02. The highest BCUT2D eigenvalue weighted by Crippen LogP contribution is 2.32. The van der Waals surface area contributed by atoms with Crippen molar-refractivity contribution in [2.45, 2.75) is 32.2 Å². The Morgan fingerprint density at radius 3 is 2.75 bits per heavy atom. The lowest BCUT2D eigenvalue weighted by Gasteiger charge is -2.13. The van der Waals surface area contributed by atoms with E-state index in [0.29, 0.717) is 23.8 Å². The molecule has 1 atom stereocenters. The smallest absolute Gasteiger partial charge is 0.340 e. The van der Waals surface area contributed by atoms with Gasteiger partial charge in [0.15, 0.2) is 0 Å². The van der Waals surface area contributed by atoms with E-state index in [1.807, 2.05) is 0 Å². The molecule has 5 nitrogen and oxygen atoms in total. The van der Waals surface area contributed by atoms with Crippen LogP contribution in [-0.2, 0) is 9.53 Å². The lowest BCUT2D eigenvalue weighted by Crippen LogP contribution is -2.29. The van der Waals surface area contributed by atoms with Crippen molar-refractivity contribution >= 4 is 17.6 Å². The van der Waals surface area contributed by atoms with Crippen LogP contribution in [-0.4, -0.2) is 24.5 Å². The first-order valence-electron chi connectivity index (χ1n) is 6.93. The highest BCUT2D eigenvalue weighted by molar-refractivity contribution is 6.01. The molecule has 0 spiro atoms. The maximum Gasteiger partial charge on any atom is 0.340 e. The number of hydrogen-bond acceptors (Lipinski definition) is 4. The number of benzene rings is 1. The van der Waals surface area contributed by atoms with Gasteiger partial charge in [-0.3, -0.25) is 4.79 Å². The average molecular weight is 276 g/mol. The molecule has 1 aliphatic rings. The van der Waals surface area contributed by atoms with E-state index in [-0.39, 0.29) is 18.4 Å². The number of esters is 1. The fourth-order valence-corrected chi connectivity index (χ4v) is 2.09. The number of nitrogens with one attached hydrogen (secondary N) is 1. The molecule has 108 valence electrons. The number of ether oxygens (including phenoxy) is 1. The van der Waals surface area contributed by atoms with Gasteiger partial charge in [0.25, 0.3) is 0 Å². The van der Waals surface area contributed by atoms with Gasteiger partial charge in [0.2, 0.25) is 5.91 Å². The fraction of sp³-hybridized carbons (Fsp3) is 0.467. The predicted molar refractivity (Wildman–Crippen MR) is 76.3 cm³/mol. The molecule has 1 fully saturated rings. The summed E-state index contributed by atoms with van der Waals surface area (Å²) in [6.45, 7) is 2.04. The minimum atomic E-state index is -0.435. The van der Waals surface area contributed by atoms with Crippen LogP contribution in [0.5, 0.6) is 0 Å². The number of anilines is 1. The largest absolute Gasteiger partial charge is 0.462 e. The van der Waals surface area contributed by atoms with Crippen LogP contribution in [0.1, 0.15) is 36.5 Å². The molecular weight excluding hydrogens is 256 g/mol. The molecule has 0 aliphatic heterocycles. The van der Waals surface area contributed by atoms with Crippen LogP contribution in [0.25, 0.3) is 0 Å². The third-order valence-corrected chi connectivity index (χ3v) is 3.35. The van der Waals surface area contributed by atoms with Crippen LogP contribution in [0.2, 0.25) is 0 Å². The summed E-state index contributed by atoms with van der Waals surface area (Å²) in [6.07, 6.45) is 2.49. The topological polar surface area (TPSA) is 81.4 Å². The van der Waals surface area contributed by atoms with E-state index in [2.05, 4.69) is 5.32 Å². The summed E-state index contributed by atoms with van der Waals surface area (Å²) in [4.78, 5) is 23.7. The minimum Gasteiger partial charge on any atom is -0.462 e. The second-order valence-corrected chi connectivity index (χ2v) is 5.02. The minimum absolute atomic E-state index is 0.0928. The van der Waals surface area contributed by atoms with Crippen LogP contribution in [0, 0.1) is 5.92 Å². The zero-order valence-electron chi connectivity index (χ0n) is 11.6. The number of nitrogens with two attached hydrogens (primary N) is 1. The van der Waals surface area contributed by atoms with Crippen molar-refractivity contribution in [2.24, 2.45) is 11.7 Å². The van der Waals surface area contributed by atoms with Gasteiger partial charge < -0.3 is 15.8 Å². The Balaban J connectivity index is 2.00. The quantitative estimate of drug-likeness (QED) is 0.778. The van der Waals surface area contributed by atoms with Crippen molar-refractivity contribution < 1.29 is 14.3 Å². The maximum atomic E-state index is 11.9. The molecule has 0 bridgehead atoms. The van der Waals surface area contributed by atoms with Crippen molar-refractivity contribution in [1.29, 1.82) is 0 Å². The first-order valence-corrected chi connectivity index (χ1v) is 6.93. The number of para-hydroxylation sites is 1. The summed E-state index contributed by atoms with van der Waals surface area (Å²) in [5.41, 5.74) is 6.76.